The summed E-state index contributed by atoms with van der Waals surface area (Å²) in [5.74, 6) is -6.45. The number of carboxylic acids is 3. The largest absolute Gasteiger partial charge is 0.480 e. The fourth-order valence-electron chi connectivity index (χ4n) is 1.38. The van der Waals surface area contributed by atoms with Gasteiger partial charge in [-0.2, -0.15) is 0 Å². The zero-order valence-electron chi connectivity index (χ0n) is 9.24. The minimum atomic E-state index is -3.24. The van der Waals surface area contributed by atoms with Crippen molar-refractivity contribution in [3.8, 4) is 0 Å². The van der Waals surface area contributed by atoms with Crippen molar-refractivity contribution in [2.45, 2.75) is 6.42 Å². The van der Waals surface area contributed by atoms with Crippen molar-refractivity contribution in [2.24, 2.45) is 10.8 Å². The number of aliphatic hydroxyl groups is 3. The van der Waals surface area contributed by atoms with E-state index in [0.29, 0.717) is 0 Å². The van der Waals surface area contributed by atoms with Crippen LogP contribution in [0.5, 0.6) is 0 Å². The van der Waals surface area contributed by atoms with Gasteiger partial charge in [0.1, 0.15) is 0 Å². The molecule has 18 heavy (non-hydrogen) atoms. The van der Waals surface area contributed by atoms with Crippen LogP contribution in [0.4, 0.5) is 0 Å². The van der Waals surface area contributed by atoms with E-state index in [0.717, 1.165) is 0 Å². The Morgan fingerprint density at radius 1 is 0.722 bits per heavy atom. The zero-order chi connectivity index (χ0) is 14.6. The highest BCUT2D eigenvalue weighted by Gasteiger charge is 2.58. The van der Waals surface area contributed by atoms with E-state index in [1.807, 2.05) is 0 Å². The van der Waals surface area contributed by atoms with E-state index >= 15 is 0 Å². The lowest BCUT2D eigenvalue weighted by molar-refractivity contribution is -0.180. The summed E-state index contributed by atoms with van der Waals surface area (Å²) in [6, 6.07) is 0. The van der Waals surface area contributed by atoms with Gasteiger partial charge in [0.25, 0.3) is 5.41 Å². The molecule has 0 aliphatic carbocycles. The average Bonchev–Trinajstić information content (AvgIpc) is 2.30. The Morgan fingerprint density at radius 2 is 1.00 bits per heavy atom. The first-order valence-corrected chi connectivity index (χ1v) is 4.75. The molecule has 0 atom stereocenters. The number of carboxylic acid groups (broad SMARTS) is 3. The zero-order valence-corrected chi connectivity index (χ0v) is 9.24. The van der Waals surface area contributed by atoms with Crippen LogP contribution in [0.15, 0.2) is 0 Å². The highest BCUT2D eigenvalue weighted by atomic mass is 16.4. The van der Waals surface area contributed by atoms with Gasteiger partial charge in [-0.05, 0) is 6.42 Å². The SMILES string of the molecule is O=C(O)C(CC(CO)(CO)CO)(C(=O)O)C(=O)O. The second-order valence-corrected chi connectivity index (χ2v) is 3.97. The van der Waals surface area contributed by atoms with Crippen LogP contribution < -0.4 is 0 Å². The van der Waals surface area contributed by atoms with Crippen molar-refractivity contribution in [3.05, 3.63) is 0 Å². The van der Waals surface area contributed by atoms with E-state index in [4.69, 9.17) is 30.6 Å². The fourth-order valence-corrected chi connectivity index (χ4v) is 1.38. The van der Waals surface area contributed by atoms with Crippen LogP contribution >= 0.6 is 0 Å². The van der Waals surface area contributed by atoms with E-state index in [-0.39, 0.29) is 0 Å². The predicted molar refractivity (Wildman–Crippen MR) is 53.6 cm³/mol. The molecule has 0 unspecified atom stereocenters. The van der Waals surface area contributed by atoms with Gasteiger partial charge in [0.2, 0.25) is 0 Å². The maximum Gasteiger partial charge on any atom is 0.332 e. The molecule has 0 amide bonds. The fraction of sp³-hybridized carbons (Fsp3) is 0.667. The topological polar surface area (TPSA) is 173 Å². The van der Waals surface area contributed by atoms with Crippen LogP contribution in [0.1, 0.15) is 6.42 Å². The van der Waals surface area contributed by atoms with E-state index in [1.54, 1.807) is 0 Å². The number of aliphatic hydroxyl groups excluding tert-OH is 3. The number of hydrogen-bond donors (Lipinski definition) is 6. The van der Waals surface area contributed by atoms with Gasteiger partial charge >= 0.3 is 17.9 Å². The molecule has 0 aromatic heterocycles. The van der Waals surface area contributed by atoms with E-state index in [1.165, 1.54) is 0 Å². The summed E-state index contributed by atoms with van der Waals surface area (Å²) in [5.41, 5.74) is -5.16. The first-order chi connectivity index (χ1) is 8.22. The molecule has 9 heteroatoms. The standard InChI is InChI=1S/C9H14O9/c10-2-8(3-11,4-12)1-9(5(13)14,6(15)16)7(17)18/h10-12H,1-4H2,(H,13,14)(H,15,16)(H,17,18). The maximum atomic E-state index is 10.9. The monoisotopic (exact) mass is 266 g/mol. The van der Waals surface area contributed by atoms with Crippen molar-refractivity contribution < 1.29 is 45.0 Å². The van der Waals surface area contributed by atoms with Crippen LogP contribution in [0.3, 0.4) is 0 Å². The van der Waals surface area contributed by atoms with Crippen LogP contribution in [0.2, 0.25) is 0 Å². The van der Waals surface area contributed by atoms with Gasteiger partial charge < -0.3 is 30.6 Å². The van der Waals surface area contributed by atoms with Crippen molar-refractivity contribution >= 4 is 17.9 Å². The van der Waals surface area contributed by atoms with Crippen LogP contribution in [-0.2, 0) is 14.4 Å². The first kappa shape index (κ1) is 16.3. The van der Waals surface area contributed by atoms with Gasteiger partial charge in [0, 0.05) is 5.41 Å². The lowest BCUT2D eigenvalue weighted by atomic mass is 9.71. The molecule has 6 N–H and O–H groups in total. The molecule has 0 aromatic carbocycles. The normalized spacial score (nSPS) is 12.2. The van der Waals surface area contributed by atoms with Crippen molar-refractivity contribution in [1.29, 1.82) is 0 Å². The molecule has 0 aromatic rings. The Labute approximate surface area is 101 Å². The van der Waals surface area contributed by atoms with Gasteiger partial charge in [-0.1, -0.05) is 0 Å². The molecule has 9 nitrogen and oxygen atoms in total. The highest BCUT2D eigenvalue weighted by molar-refractivity contribution is 6.16. The quantitative estimate of drug-likeness (QED) is 0.261. The van der Waals surface area contributed by atoms with E-state index in [2.05, 4.69) is 0 Å². The smallest absolute Gasteiger partial charge is 0.332 e. The maximum absolute atomic E-state index is 10.9. The molecule has 0 spiro atoms. The third-order valence-electron chi connectivity index (χ3n) is 2.74. The number of aliphatic carboxylic acids is 3. The third-order valence-corrected chi connectivity index (χ3v) is 2.74. The second kappa shape index (κ2) is 5.76. The molecule has 0 aliphatic rings. The molecular weight excluding hydrogens is 252 g/mol. The molecule has 0 radical (unpaired) electrons. The van der Waals surface area contributed by atoms with Gasteiger partial charge in [-0.25, -0.2) is 0 Å². The van der Waals surface area contributed by atoms with Crippen molar-refractivity contribution in [1.82, 2.24) is 0 Å². The molecular formula is C9H14O9. The highest BCUT2D eigenvalue weighted by Crippen LogP contribution is 2.35. The predicted octanol–water partition coefficient (Wildman–Crippen LogP) is -2.42. The second-order valence-electron chi connectivity index (χ2n) is 3.97. The van der Waals surface area contributed by atoms with Crippen molar-refractivity contribution in [3.63, 3.8) is 0 Å². The Hall–Kier alpha value is -1.71. The molecule has 0 bridgehead atoms. The Kier molecular flexibility index (Phi) is 5.21. The summed E-state index contributed by atoms with van der Waals surface area (Å²) in [7, 11) is 0. The van der Waals surface area contributed by atoms with Gasteiger partial charge in [0.15, 0.2) is 0 Å². The number of carbonyl (C=O) groups is 3. The minimum absolute atomic E-state index is 0.963. The molecule has 104 valence electrons. The summed E-state index contributed by atoms with van der Waals surface area (Å²) in [6.07, 6.45) is -1.15. The molecule has 0 fully saturated rings. The van der Waals surface area contributed by atoms with Crippen LogP contribution in [0, 0.1) is 10.8 Å². The molecule has 0 rings (SSSR count). The number of hydrogen-bond acceptors (Lipinski definition) is 6. The van der Waals surface area contributed by atoms with E-state index in [9.17, 15) is 14.4 Å². The lowest BCUT2D eigenvalue weighted by Crippen LogP contribution is -2.52. The third kappa shape index (κ3) is 2.58. The summed E-state index contributed by atoms with van der Waals surface area (Å²) >= 11 is 0. The first-order valence-electron chi connectivity index (χ1n) is 4.75. The van der Waals surface area contributed by atoms with Crippen LogP contribution in [0.25, 0.3) is 0 Å². The molecule has 0 aliphatic heterocycles. The minimum Gasteiger partial charge on any atom is -0.480 e. The van der Waals surface area contributed by atoms with Gasteiger partial charge in [-0.15, -0.1) is 0 Å². The number of rotatable bonds is 8. The lowest BCUT2D eigenvalue weighted by Gasteiger charge is -2.33. The molecule has 0 saturated heterocycles. The van der Waals surface area contributed by atoms with Gasteiger partial charge in [0.05, 0.1) is 19.8 Å². The Bertz CT molecular complexity index is 300. The van der Waals surface area contributed by atoms with E-state index < -0.39 is 55.0 Å². The Morgan fingerprint density at radius 3 is 1.17 bits per heavy atom. The van der Waals surface area contributed by atoms with Crippen LogP contribution in [-0.4, -0.2) is 68.4 Å². The Balaban J connectivity index is 5.69. The average molecular weight is 266 g/mol. The summed E-state index contributed by atoms with van der Waals surface area (Å²) < 4.78 is 0. The van der Waals surface area contributed by atoms with Gasteiger partial charge in [-0.3, -0.25) is 14.4 Å². The van der Waals surface area contributed by atoms with Crippen molar-refractivity contribution in [2.75, 3.05) is 19.8 Å². The molecule has 0 saturated carbocycles. The summed E-state index contributed by atoms with van der Waals surface area (Å²) in [6.45, 7) is -2.89. The summed E-state index contributed by atoms with van der Waals surface area (Å²) in [5, 5.41) is 53.4. The summed E-state index contributed by atoms with van der Waals surface area (Å²) in [4.78, 5) is 32.8. The molecule has 0 heterocycles.